The first-order valence-electron chi connectivity index (χ1n) is 2.36. The van der Waals surface area contributed by atoms with Crippen LogP contribution in [-0.2, 0) is 9.53 Å². The minimum absolute atomic E-state index is 1.78. The smallest absolute Gasteiger partial charge is 0.425 e. The first-order chi connectivity index (χ1) is 4.89. The average molecular weight is 176 g/mol. The van der Waals surface area contributed by atoms with E-state index in [1.807, 2.05) is 0 Å². The molecule has 0 aromatic heterocycles. The first kappa shape index (κ1) is 10.2. The standard InChI is InChI=1S/C4H4F4O3/c5-1-11-2(3(9)10)4(6,7)8/h2H,1H2,(H,9,10). The van der Waals surface area contributed by atoms with Gasteiger partial charge in [-0.05, 0) is 0 Å². The Hall–Kier alpha value is -0.850. The van der Waals surface area contributed by atoms with Crippen LogP contribution in [0.5, 0.6) is 0 Å². The first-order valence-corrected chi connectivity index (χ1v) is 2.36. The lowest BCUT2D eigenvalue weighted by Gasteiger charge is -2.13. The number of hydrogen-bond acceptors (Lipinski definition) is 2. The zero-order valence-electron chi connectivity index (χ0n) is 5.06. The molecule has 0 rings (SSSR count). The third kappa shape index (κ3) is 3.17. The summed E-state index contributed by atoms with van der Waals surface area (Å²) in [6.07, 6.45) is -8.15. The van der Waals surface area contributed by atoms with Crippen LogP contribution in [0.3, 0.4) is 0 Å². The Balaban J connectivity index is 4.22. The maximum absolute atomic E-state index is 11.5. The molecule has 0 radical (unpaired) electrons. The van der Waals surface area contributed by atoms with E-state index < -0.39 is 25.1 Å². The summed E-state index contributed by atoms with van der Waals surface area (Å²) >= 11 is 0. The van der Waals surface area contributed by atoms with Crippen LogP contribution in [0.4, 0.5) is 17.6 Å². The Morgan fingerprint density at radius 3 is 2.09 bits per heavy atom. The minimum atomic E-state index is -5.07. The molecule has 0 aliphatic heterocycles. The van der Waals surface area contributed by atoms with E-state index in [0.29, 0.717) is 0 Å². The molecule has 0 saturated heterocycles. The number of halogens is 4. The van der Waals surface area contributed by atoms with Crippen molar-refractivity contribution in [1.29, 1.82) is 0 Å². The molecular formula is C4H4F4O3. The van der Waals surface area contributed by atoms with Crippen LogP contribution in [0.15, 0.2) is 0 Å². The van der Waals surface area contributed by atoms with Gasteiger partial charge in [-0.1, -0.05) is 0 Å². The summed E-state index contributed by atoms with van der Waals surface area (Å²) in [5.41, 5.74) is 0. The van der Waals surface area contributed by atoms with Crippen LogP contribution < -0.4 is 0 Å². The fourth-order valence-electron chi connectivity index (χ4n) is 0.369. The molecule has 0 aromatic carbocycles. The Morgan fingerprint density at radius 1 is 1.55 bits per heavy atom. The zero-order valence-corrected chi connectivity index (χ0v) is 5.06. The fourth-order valence-corrected chi connectivity index (χ4v) is 0.369. The average Bonchev–Trinajstić information content (AvgIpc) is 1.79. The van der Waals surface area contributed by atoms with Gasteiger partial charge in [0.05, 0.1) is 0 Å². The van der Waals surface area contributed by atoms with Crippen LogP contribution in [-0.4, -0.2) is 30.2 Å². The predicted octanol–water partition coefficient (Wildman–Crippen LogP) is 0.946. The van der Waals surface area contributed by atoms with Crippen molar-refractivity contribution in [2.24, 2.45) is 0 Å². The molecule has 0 saturated carbocycles. The van der Waals surface area contributed by atoms with Crippen LogP contribution in [0.1, 0.15) is 0 Å². The van der Waals surface area contributed by atoms with Crippen molar-refractivity contribution in [3.63, 3.8) is 0 Å². The van der Waals surface area contributed by atoms with Gasteiger partial charge in [0, 0.05) is 0 Å². The summed E-state index contributed by atoms with van der Waals surface area (Å²) in [5, 5.41) is 7.83. The van der Waals surface area contributed by atoms with Gasteiger partial charge >= 0.3 is 12.1 Å². The van der Waals surface area contributed by atoms with E-state index >= 15 is 0 Å². The van der Waals surface area contributed by atoms with E-state index in [2.05, 4.69) is 4.74 Å². The molecule has 0 spiro atoms. The second-order valence-electron chi connectivity index (χ2n) is 1.54. The van der Waals surface area contributed by atoms with Crippen molar-refractivity contribution in [1.82, 2.24) is 0 Å². The molecule has 0 fully saturated rings. The summed E-state index contributed by atoms with van der Waals surface area (Å²) < 4.78 is 48.9. The molecule has 3 nitrogen and oxygen atoms in total. The molecular weight excluding hydrogens is 172 g/mol. The van der Waals surface area contributed by atoms with Gasteiger partial charge in [0.1, 0.15) is 0 Å². The number of rotatable bonds is 3. The summed E-state index contributed by atoms with van der Waals surface area (Å²) in [6.45, 7) is -1.78. The summed E-state index contributed by atoms with van der Waals surface area (Å²) in [4.78, 5) is 9.72. The third-order valence-corrected chi connectivity index (χ3v) is 0.751. The number of carboxylic acids is 1. The van der Waals surface area contributed by atoms with Gasteiger partial charge in [0.2, 0.25) is 0 Å². The molecule has 0 bridgehead atoms. The van der Waals surface area contributed by atoms with Crippen LogP contribution >= 0.6 is 0 Å². The van der Waals surface area contributed by atoms with Crippen molar-refractivity contribution >= 4 is 5.97 Å². The predicted molar refractivity (Wildman–Crippen MR) is 24.5 cm³/mol. The van der Waals surface area contributed by atoms with Crippen molar-refractivity contribution in [2.75, 3.05) is 6.86 Å². The van der Waals surface area contributed by atoms with Gasteiger partial charge in [0.15, 0.2) is 6.86 Å². The number of carboxylic acid groups (broad SMARTS) is 1. The number of carbonyl (C=O) groups is 1. The molecule has 1 atom stereocenters. The Kier molecular flexibility index (Phi) is 3.24. The molecule has 7 heteroatoms. The molecule has 1 N–H and O–H groups in total. The van der Waals surface area contributed by atoms with Crippen molar-refractivity contribution in [2.45, 2.75) is 12.3 Å². The number of aliphatic carboxylic acids is 1. The number of alkyl halides is 4. The van der Waals surface area contributed by atoms with E-state index in [1.54, 1.807) is 0 Å². The van der Waals surface area contributed by atoms with Gasteiger partial charge < -0.3 is 9.84 Å². The lowest BCUT2D eigenvalue weighted by Crippen LogP contribution is -2.38. The topological polar surface area (TPSA) is 46.5 Å². The summed E-state index contributed by atoms with van der Waals surface area (Å²) in [5.74, 6) is -2.25. The molecule has 11 heavy (non-hydrogen) atoms. The van der Waals surface area contributed by atoms with Crippen molar-refractivity contribution in [3.8, 4) is 0 Å². The van der Waals surface area contributed by atoms with Gasteiger partial charge in [-0.15, -0.1) is 0 Å². The molecule has 66 valence electrons. The van der Waals surface area contributed by atoms with Crippen LogP contribution in [0.25, 0.3) is 0 Å². The normalized spacial score (nSPS) is 14.5. The lowest BCUT2D eigenvalue weighted by molar-refractivity contribution is -0.234. The molecule has 0 aliphatic rings. The molecule has 0 aromatic rings. The number of ether oxygens (including phenoxy) is 1. The highest BCUT2D eigenvalue weighted by Gasteiger charge is 2.46. The maximum atomic E-state index is 11.5. The van der Waals surface area contributed by atoms with E-state index in [9.17, 15) is 22.4 Å². The zero-order chi connectivity index (χ0) is 9.07. The summed E-state index contributed by atoms with van der Waals surface area (Å²) in [7, 11) is 0. The molecule has 0 amide bonds. The van der Waals surface area contributed by atoms with Gasteiger partial charge in [0.25, 0.3) is 6.10 Å². The summed E-state index contributed by atoms with van der Waals surface area (Å²) in [6, 6.07) is 0. The van der Waals surface area contributed by atoms with Crippen LogP contribution in [0.2, 0.25) is 0 Å². The quantitative estimate of drug-likeness (QED) is 0.651. The lowest BCUT2D eigenvalue weighted by atomic mass is 10.3. The molecule has 1 unspecified atom stereocenters. The fraction of sp³-hybridized carbons (Fsp3) is 0.750. The maximum Gasteiger partial charge on any atom is 0.425 e. The Morgan fingerprint density at radius 2 is 2.00 bits per heavy atom. The van der Waals surface area contributed by atoms with Crippen molar-refractivity contribution in [3.05, 3.63) is 0 Å². The second kappa shape index (κ2) is 3.51. The number of hydrogen-bond donors (Lipinski definition) is 1. The van der Waals surface area contributed by atoms with Gasteiger partial charge in [-0.25, -0.2) is 9.18 Å². The monoisotopic (exact) mass is 176 g/mol. The van der Waals surface area contributed by atoms with E-state index in [4.69, 9.17) is 5.11 Å². The highest BCUT2D eigenvalue weighted by Crippen LogP contribution is 2.22. The Bertz CT molecular complexity index is 143. The highest BCUT2D eigenvalue weighted by atomic mass is 19.4. The van der Waals surface area contributed by atoms with Crippen LogP contribution in [0, 0.1) is 0 Å². The Labute approximate surface area is 58.6 Å². The van der Waals surface area contributed by atoms with E-state index in [-0.39, 0.29) is 0 Å². The van der Waals surface area contributed by atoms with Crippen molar-refractivity contribution < 1.29 is 32.2 Å². The molecule has 0 heterocycles. The van der Waals surface area contributed by atoms with E-state index in [0.717, 1.165) is 0 Å². The third-order valence-electron chi connectivity index (χ3n) is 0.751. The van der Waals surface area contributed by atoms with E-state index in [1.165, 1.54) is 0 Å². The van der Waals surface area contributed by atoms with Gasteiger partial charge in [-0.3, -0.25) is 0 Å². The molecule has 0 aliphatic carbocycles. The second-order valence-corrected chi connectivity index (χ2v) is 1.54. The highest BCUT2D eigenvalue weighted by molar-refractivity contribution is 5.73. The van der Waals surface area contributed by atoms with Gasteiger partial charge in [-0.2, -0.15) is 13.2 Å². The minimum Gasteiger partial charge on any atom is -0.479 e. The largest absolute Gasteiger partial charge is 0.479 e. The SMILES string of the molecule is O=C(O)C(OCF)C(F)(F)F.